The highest BCUT2D eigenvalue weighted by Gasteiger charge is 2.06. The molecule has 0 unspecified atom stereocenters. The van der Waals surface area contributed by atoms with Gasteiger partial charge in [-0.15, -0.1) is 0 Å². The third-order valence-corrected chi connectivity index (χ3v) is 3.72. The van der Waals surface area contributed by atoms with Gasteiger partial charge < -0.3 is 15.7 Å². The van der Waals surface area contributed by atoms with Crippen LogP contribution in [0.2, 0.25) is 5.02 Å². The molecule has 0 aliphatic carbocycles. The van der Waals surface area contributed by atoms with Crippen LogP contribution >= 0.6 is 11.6 Å². The molecule has 3 N–H and O–H groups in total. The molecule has 0 heterocycles. The van der Waals surface area contributed by atoms with Gasteiger partial charge in [-0.2, -0.15) is 0 Å². The minimum absolute atomic E-state index is 0.178. The summed E-state index contributed by atoms with van der Waals surface area (Å²) < 4.78 is 0. The lowest BCUT2D eigenvalue weighted by Crippen LogP contribution is -2.23. The zero-order valence-electron chi connectivity index (χ0n) is 12.7. The lowest BCUT2D eigenvalue weighted by atomic mass is 10.1. The summed E-state index contributed by atoms with van der Waals surface area (Å²) in [5.41, 5.74) is 1.51. The first-order valence-electron chi connectivity index (χ1n) is 7.34. The quantitative estimate of drug-likeness (QED) is 0.630. The van der Waals surface area contributed by atoms with Crippen molar-refractivity contribution in [2.24, 2.45) is 0 Å². The van der Waals surface area contributed by atoms with Gasteiger partial charge in [0.15, 0.2) is 0 Å². The number of phenols is 1. The predicted octanol–water partition coefficient (Wildman–Crippen LogP) is 4.99. The summed E-state index contributed by atoms with van der Waals surface area (Å²) in [6, 6.07) is 17.5. The highest BCUT2D eigenvalue weighted by atomic mass is 35.5. The predicted molar refractivity (Wildman–Crippen MR) is 98.3 cm³/mol. The largest absolute Gasteiger partial charge is 0.507 e. The van der Waals surface area contributed by atoms with E-state index in [1.165, 1.54) is 0 Å². The minimum Gasteiger partial charge on any atom is -0.507 e. The molecule has 4 nitrogen and oxygen atoms in total. The third kappa shape index (κ3) is 3.67. The van der Waals surface area contributed by atoms with Gasteiger partial charge in [0.2, 0.25) is 0 Å². The Bertz CT molecular complexity index is 922. The molecule has 3 rings (SSSR count). The lowest BCUT2D eigenvalue weighted by Gasteiger charge is -2.09. The SMILES string of the molecule is O=C(N/C=C/c1cccc(Cl)c1)Nc1cccc2c(O)cccc12. The van der Waals surface area contributed by atoms with Crippen LogP contribution in [0.3, 0.4) is 0 Å². The van der Waals surface area contributed by atoms with Gasteiger partial charge in [-0.05, 0) is 35.9 Å². The molecular weight excluding hydrogens is 324 g/mol. The van der Waals surface area contributed by atoms with Crippen LogP contribution in [0.4, 0.5) is 10.5 Å². The molecule has 0 aliphatic rings. The van der Waals surface area contributed by atoms with Crippen LogP contribution in [0, 0.1) is 0 Å². The van der Waals surface area contributed by atoms with Gasteiger partial charge in [0.25, 0.3) is 0 Å². The van der Waals surface area contributed by atoms with E-state index in [0.29, 0.717) is 16.1 Å². The molecule has 0 atom stereocenters. The van der Waals surface area contributed by atoms with Gasteiger partial charge in [-0.3, -0.25) is 0 Å². The first-order valence-corrected chi connectivity index (χ1v) is 7.71. The van der Waals surface area contributed by atoms with E-state index in [1.54, 1.807) is 54.7 Å². The van der Waals surface area contributed by atoms with Crippen molar-refractivity contribution in [3.05, 3.63) is 77.4 Å². The normalized spacial score (nSPS) is 10.9. The fourth-order valence-corrected chi connectivity index (χ4v) is 2.58. The van der Waals surface area contributed by atoms with Gasteiger partial charge >= 0.3 is 6.03 Å². The smallest absolute Gasteiger partial charge is 0.323 e. The van der Waals surface area contributed by atoms with Gasteiger partial charge in [0, 0.05) is 22.0 Å². The van der Waals surface area contributed by atoms with Crippen molar-refractivity contribution in [3.63, 3.8) is 0 Å². The summed E-state index contributed by atoms with van der Waals surface area (Å²) in [4.78, 5) is 12.0. The Morgan fingerprint density at radius 1 is 1.00 bits per heavy atom. The Morgan fingerprint density at radius 2 is 1.75 bits per heavy atom. The van der Waals surface area contributed by atoms with Crippen LogP contribution in [0.5, 0.6) is 5.75 Å². The maximum atomic E-state index is 12.0. The molecule has 0 saturated heterocycles. The van der Waals surface area contributed by atoms with Gasteiger partial charge in [0.1, 0.15) is 5.75 Å². The monoisotopic (exact) mass is 338 g/mol. The zero-order valence-corrected chi connectivity index (χ0v) is 13.4. The molecule has 2 amide bonds. The second-order valence-corrected chi connectivity index (χ2v) is 5.60. The summed E-state index contributed by atoms with van der Waals surface area (Å²) >= 11 is 5.91. The van der Waals surface area contributed by atoms with Gasteiger partial charge in [-0.25, -0.2) is 4.79 Å². The van der Waals surface area contributed by atoms with Crippen LogP contribution in [0.1, 0.15) is 5.56 Å². The standard InChI is InChI=1S/C19H15ClN2O2/c20-14-5-1-4-13(12-14)10-11-21-19(24)22-17-8-2-7-16-15(17)6-3-9-18(16)23/h1-12,23H,(H2,21,22,24)/b11-10+. The second-order valence-electron chi connectivity index (χ2n) is 5.16. The minimum atomic E-state index is -0.371. The molecule has 0 saturated carbocycles. The molecule has 0 radical (unpaired) electrons. The van der Waals surface area contributed by atoms with Crippen LogP contribution in [0.25, 0.3) is 16.8 Å². The van der Waals surface area contributed by atoms with E-state index < -0.39 is 0 Å². The molecule has 120 valence electrons. The van der Waals surface area contributed by atoms with E-state index in [4.69, 9.17) is 11.6 Å². The highest BCUT2D eigenvalue weighted by Crippen LogP contribution is 2.29. The number of benzene rings is 3. The van der Waals surface area contributed by atoms with Gasteiger partial charge in [0.05, 0.1) is 5.69 Å². The van der Waals surface area contributed by atoms with Crippen molar-refractivity contribution in [3.8, 4) is 5.75 Å². The van der Waals surface area contributed by atoms with E-state index in [1.807, 2.05) is 18.2 Å². The number of nitrogens with one attached hydrogen (secondary N) is 2. The van der Waals surface area contributed by atoms with E-state index in [0.717, 1.165) is 10.9 Å². The molecular formula is C19H15ClN2O2. The number of anilines is 1. The number of carbonyl (C=O) groups is 1. The van der Waals surface area contributed by atoms with Crippen LogP contribution in [-0.2, 0) is 0 Å². The molecule has 24 heavy (non-hydrogen) atoms. The number of fused-ring (bicyclic) bond motifs is 1. The van der Waals surface area contributed by atoms with Crippen molar-refractivity contribution < 1.29 is 9.90 Å². The summed E-state index contributed by atoms with van der Waals surface area (Å²) in [5, 5.41) is 17.4. The Hall–Kier alpha value is -2.98. The average Bonchev–Trinajstić information content (AvgIpc) is 2.56. The van der Waals surface area contributed by atoms with Crippen molar-refractivity contribution in [1.82, 2.24) is 5.32 Å². The fraction of sp³-hybridized carbons (Fsp3) is 0. The molecule has 0 spiro atoms. The van der Waals surface area contributed by atoms with Crippen LogP contribution < -0.4 is 10.6 Å². The van der Waals surface area contributed by atoms with Crippen molar-refractivity contribution in [2.75, 3.05) is 5.32 Å². The Kier molecular flexibility index (Phi) is 4.68. The van der Waals surface area contributed by atoms with E-state index in [9.17, 15) is 9.90 Å². The van der Waals surface area contributed by atoms with Crippen molar-refractivity contribution in [1.29, 1.82) is 0 Å². The number of hydrogen-bond donors (Lipinski definition) is 3. The van der Waals surface area contributed by atoms with E-state index >= 15 is 0 Å². The molecule has 0 fully saturated rings. The molecule has 0 bridgehead atoms. The first kappa shape index (κ1) is 15.9. The van der Waals surface area contributed by atoms with Crippen LogP contribution in [0.15, 0.2) is 66.9 Å². The number of carbonyl (C=O) groups excluding carboxylic acids is 1. The van der Waals surface area contributed by atoms with E-state index in [2.05, 4.69) is 10.6 Å². The number of amides is 2. The zero-order chi connectivity index (χ0) is 16.9. The second kappa shape index (κ2) is 7.06. The number of phenolic OH excluding ortho intramolecular Hbond substituents is 1. The summed E-state index contributed by atoms with van der Waals surface area (Å²) in [5.74, 6) is 0.178. The van der Waals surface area contributed by atoms with Crippen molar-refractivity contribution >= 4 is 40.2 Å². The maximum absolute atomic E-state index is 12.0. The summed E-state index contributed by atoms with van der Waals surface area (Å²) in [6.07, 6.45) is 3.30. The molecule has 0 aliphatic heterocycles. The van der Waals surface area contributed by atoms with Crippen molar-refractivity contribution in [2.45, 2.75) is 0 Å². The number of urea groups is 1. The Labute approximate surface area is 144 Å². The molecule has 3 aromatic carbocycles. The maximum Gasteiger partial charge on any atom is 0.323 e. The van der Waals surface area contributed by atoms with E-state index in [-0.39, 0.29) is 11.8 Å². The Morgan fingerprint density at radius 3 is 2.58 bits per heavy atom. The Balaban J connectivity index is 1.70. The number of aromatic hydroxyl groups is 1. The fourth-order valence-electron chi connectivity index (χ4n) is 2.38. The average molecular weight is 339 g/mol. The number of halogens is 1. The lowest BCUT2D eigenvalue weighted by molar-refractivity contribution is 0.255. The van der Waals surface area contributed by atoms with Gasteiger partial charge in [-0.1, -0.05) is 48.0 Å². The summed E-state index contributed by atoms with van der Waals surface area (Å²) in [7, 11) is 0. The topological polar surface area (TPSA) is 61.4 Å². The first-order chi connectivity index (χ1) is 11.6. The molecule has 5 heteroatoms. The third-order valence-electron chi connectivity index (χ3n) is 3.49. The number of rotatable bonds is 3. The van der Waals surface area contributed by atoms with Crippen LogP contribution in [-0.4, -0.2) is 11.1 Å². The summed E-state index contributed by atoms with van der Waals surface area (Å²) in [6.45, 7) is 0. The highest BCUT2D eigenvalue weighted by molar-refractivity contribution is 6.30. The molecule has 0 aromatic heterocycles. The number of hydrogen-bond acceptors (Lipinski definition) is 2. The molecule has 3 aromatic rings.